The van der Waals surface area contributed by atoms with Gasteiger partial charge < -0.3 is 43.4 Å². The fraction of sp³-hybridized carbons (Fsp3) is 0.773. The number of rotatable bonds is 10. The van der Waals surface area contributed by atoms with Crippen LogP contribution < -0.4 is 0 Å². The minimum Gasteiger partial charge on any atom is -0.463 e. The second kappa shape index (κ2) is 14.9. The molecule has 0 aromatic heterocycles. The zero-order valence-corrected chi connectivity index (χ0v) is 23.0. The van der Waals surface area contributed by atoms with Gasteiger partial charge in [-0.3, -0.25) is 19.2 Å². The SMILES string of the molecule is CO[C@H]1O[C@H](CSC#N)[C@H](S[C@@H]2O[C@H](COC(C)=O)[C@@H](OC(C)=O)[C@H](OC(C)=O)[C@H]2OC(C)=O)[C@H](O)[C@H]1O. The largest absolute Gasteiger partial charge is 0.463 e. The summed E-state index contributed by atoms with van der Waals surface area (Å²) in [5, 5.41) is 31.4. The van der Waals surface area contributed by atoms with E-state index >= 15 is 0 Å². The molecule has 10 atom stereocenters. The van der Waals surface area contributed by atoms with E-state index in [0.717, 1.165) is 51.2 Å². The van der Waals surface area contributed by atoms with Crippen LogP contribution in [0.25, 0.3) is 0 Å². The Kier molecular flexibility index (Phi) is 12.6. The first-order chi connectivity index (χ1) is 17.9. The third-order valence-electron chi connectivity index (χ3n) is 5.42. The highest BCUT2D eigenvalue weighted by molar-refractivity contribution is 8.04. The number of methoxy groups -OCH3 is 1. The van der Waals surface area contributed by atoms with Gasteiger partial charge in [-0.1, -0.05) is 0 Å². The van der Waals surface area contributed by atoms with E-state index < -0.39 is 90.2 Å². The first-order valence-electron chi connectivity index (χ1n) is 11.4. The molecule has 0 bridgehead atoms. The third kappa shape index (κ3) is 8.70. The quantitative estimate of drug-likeness (QED) is 0.190. The van der Waals surface area contributed by atoms with Crippen molar-refractivity contribution >= 4 is 47.4 Å². The Morgan fingerprint density at radius 1 is 0.842 bits per heavy atom. The molecule has 0 aliphatic carbocycles. The summed E-state index contributed by atoms with van der Waals surface area (Å²) in [6, 6.07) is 0. The Bertz CT molecular complexity index is 899. The number of aliphatic hydroxyl groups excluding tert-OH is 2. The minimum atomic E-state index is -1.48. The molecule has 2 rings (SSSR count). The predicted molar refractivity (Wildman–Crippen MR) is 129 cm³/mol. The van der Waals surface area contributed by atoms with Crippen molar-refractivity contribution in [2.75, 3.05) is 19.5 Å². The zero-order chi connectivity index (χ0) is 28.6. The number of carbonyl (C=O) groups excluding carboxylic acids is 4. The maximum atomic E-state index is 12.0. The fourth-order valence-electron chi connectivity index (χ4n) is 3.98. The lowest BCUT2D eigenvalue weighted by molar-refractivity contribution is -0.251. The summed E-state index contributed by atoms with van der Waals surface area (Å²) < 4.78 is 38.1. The van der Waals surface area contributed by atoms with E-state index in [1.165, 1.54) is 7.11 Å². The van der Waals surface area contributed by atoms with Crippen LogP contribution in [0.15, 0.2) is 0 Å². The maximum Gasteiger partial charge on any atom is 0.303 e. The first kappa shape index (κ1) is 32.1. The first-order valence-corrected chi connectivity index (χ1v) is 13.3. The smallest absolute Gasteiger partial charge is 0.303 e. The van der Waals surface area contributed by atoms with Gasteiger partial charge in [0.05, 0.1) is 17.5 Å². The van der Waals surface area contributed by atoms with E-state index in [1.807, 2.05) is 5.40 Å². The van der Waals surface area contributed by atoms with Crippen LogP contribution >= 0.6 is 23.5 Å². The zero-order valence-electron chi connectivity index (χ0n) is 21.3. The van der Waals surface area contributed by atoms with Gasteiger partial charge in [0.2, 0.25) is 0 Å². The van der Waals surface area contributed by atoms with Crippen LogP contribution in [-0.4, -0.2) is 113 Å². The van der Waals surface area contributed by atoms with E-state index in [4.69, 9.17) is 38.4 Å². The van der Waals surface area contributed by atoms with Gasteiger partial charge in [0, 0.05) is 40.6 Å². The van der Waals surface area contributed by atoms with Crippen LogP contribution in [0.5, 0.6) is 0 Å². The van der Waals surface area contributed by atoms with Gasteiger partial charge in [-0.2, -0.15) is 5.26 Å². The number of nitriles is 1. The lowest BCUT2D eigenvalue weighted by atomic mass is 9.99. The molecule has 0 spiro atoms. The molecule has 16 heteroatoms. The lowest BCUT2D eigenvalue weighted by Gasteiger charge is -2.47. The van der Waals surface area contributed by atoms with E-state index in [9.17, 15) is 29.4 Å². The number of thiocyanates is 1. The topological polar surface area (TPSA) is 197 Å². The molecule has 214 valence electrons. The molecule has 0 aromatic rings. The number of esters is 4. The molecule has 2 N–H and O–H groups in total. The molecular weight excluding hydrogens is 550 g/mol. The van der Waals surface area contributed by atoms with E-state index in [2.05, 4.69) is 0 Å². The molecule has 2 heterocycles. The van der Waals surface area contributed by atoms with Crippen molar-refractivity contribution in [1.29, 1.82) is 5.26 Å². The Balaban J connectivity index is 2.49. The number of nitrogens with zero attached hydrogens (tertiary/aromatic N) is 1. The van der Waals surface area contributed by atoms with Crippen LogP contribution in [-0.2, 0) is 52.3 Å². The number of carbonyl (C=O) groups is 4. The number of aliphatic hydroxyl groups is 2. The number of ether oxygens (including phenoxy) is 7. The van der Waals surface area contributed by atoms with Crippen molar-refractivity contribution < 1.29 is 62.5 Å². The molecule has 0 saturated carbocycles. The highest BCUT2D eigenvalue weighted by Gasteiger charge is 2.55. The van der Waals surface area contributed by atoms with E-state index in [0.29, 0.717) is 0 Å². The summed E-state index contributed by atoms with van der Waals surface area (Å²) in [6.45, 7) is 4.05. The summed E-state index contributed by atoms with van der Waals surface area (Å²) in [5.74, 6) is -2.93. The Morgan fingerprint density at radius 2 is 1.42 bits per heavy atom. The Labute approximate surface area is 227 Å². The molecule has 2 aliphatic rings. The van der Waals surface area contributed by atoms with Crippen molar-refractivity contribution in [2.45, 2.75) is 87.4 Å². The minimum absolute atomic E-state index is 0.0725. The van der Waals surface area contributed by atoms with Gasteiger partial charge >= 0.3 is 23.9 Å². The van der Waals surface area contributed by atoms with Gasteiger partial charge in [0.25, 0.3) is 0 Å². The molecular formula is C22H31NO13S2. The van der Waals surface area contributed by atoms with Crippen LogP contribution in [0.3, 0.4) is 0 Å². The molecule has 0 unspecified atom stereocenters. The highest BCUT2D eigenvalue weighted by atomic mass is 32.2. The maximum absolute atomic E-state index is 12.0. The van der Waals surface area contributed by atoms with Gasteiger partial charge in [-0.15, -0.1) is 11.8 Å². The fourth-order valence-corrected chi connectivity index (χ4v) is 6.16. The van der Waals surface area contributed by atoms with Crippen molar-refractivity contribution in [2.24, 2.45) is 0 Å². The lowest BCUT2D eigenvalue weighted by Crippen LogP contribution is -2.63. The molecule has 2 fully saturated rings. The number of hydrogen-bond acceptors (Lipinski definition) is 16. The molecule has 2 aliphatic heterocycles. The van der Waals surface area contributed by atoms with Crippen molar-refractivity contribution in [3.8, 4) is 5.40 Å². The normalized spacial score (nSPS) is 34.9. The van der Waals surface area contributed by atoms with Gasteiger partial charge in [-0.25, -0.2) is 0 Å². The molecule has 2 saturated heterocycles. The summed E-state index contributed by atoms with van der Waals surface area (Å²) in [7, 11) is 1.28. The number of hydrogen-bond donors (Lipinski definition) is 2. The van der Waals surface area contributed by atoms with E-state index in [-0.39, 0.29) is 5.75 Å². The summed E-state index contributed by atoms with van der Waals surface area (Å²) >= 11 is 1.72. The third-order valence-corrected chi connectivity index (χ3v) is 7.59. The second-order valence-corrected chi connectivity index (χ2v) is 10.4. The van der Waals surface area contributed by atoms with Gasteiger partial charge in [0.15, 0.2) is 24.6 Å². The molecule has 0 radical (unpaired) electrons. The standard InChI is InChI=1S/C22H31NO13S2/c1-9(24)31-6-13-17(32-10(2)25)18(33-11(3)26)19(34-12(4)27)22(36-13)38-20-14(7-37-8-23)35-21(30-5)16(29)15(20)28/h13-22,28-29H,6-7H2,1-5H3/t13-,14-,15-,16-,17-,18+,19-,20+,21+,22+/m1/s1. The van der Waals surface area contributed by atoms with Crippen molar-refractivity contribution in [3.63, 3.8) is 0 Å². The van der Waals surface area contributed by atoms with Crippen molar-refractivity contribution in [3.05, 3.63) is 0 Å². The average molecular weight is 582 g/mol. The van der Waals surface area contributed by atoms with Crippen LogP contribution in [0.1, 0.15) is 27.7 Å². The van der Waals surface area contributed by atoms with Crippen molar-refractivity contribution in [1.82, 2.24) is 0 Å². The number of thioether (sulfide) groups is 2. The second-order valence-electron chi connectivity index (χ2n) is 8.33. The summed E-state index contributed by atoms with van der Waals surface area (Å²) in [6.07, 6.45) is -10.2. The monoisotopic (exact) mass is 581 g/mol. The molecule has 38 heavy (non-hydrogen) atoms. The summed E-state index contributed by atoms with van der Waals surface area (Å²) in [4.78, 5) is 47.4. The van der Waals surface area contributed by atoms with Crippen LogP contribution in [0.2, 0.25) is 0 Å². The molecule has 14 nitrogen and oxygen atoms in total. The average Bonchev–Trinajstić information content (AvgIpc) is 2.82. The Hall–Kier alpha value is -2.13. The molecule has 0 aromatic carbocycles. The highest BCUT2D eigenvalue weighted by Crippen LogP contribution is 2.41. The van der Waals surface area contributed by atoms with Crippen LogP contribution in [0.4, 0.5) is 0 Å². The van der Waals surface area contributed by atoms with E-state index in [1.54, 1.807) is 0 Å². The predicted octanol–water partition coefficient (Wildman–Crippen LogP) is -0.521. The van der Waals surface area contributed by atoms with Gasteiger partial charge in [-0.05, 0) is 11.8 Å². The van der Waals surface area contributed by atoms with Gasteiger partial charge in [0.1, 0.15) is 29.7 Å². The molecule has 0 amide bonds. The van der Waals surface area contributed by atoms with Crippen LogP contribution in [0, 0.1) is 10.7 Å². The Morgan fingerprint density at radius 3 is 1.95 bits per heavy atom. The summed E-state index contributed by atoms with van der Waals surface area (Å²) in [5.41, 5.74) is -1.21.